The van der Waals surface area contributed by atoms with Crippen molar-refractivity contribution in [2.75, 3.05) is 5.32 Å². The van der Waals surface area contributed by atoms with Crippen molar-refractivity contribution in [1.29, 1.82) is 0 Å². The lowest BCUT2D eigenvalue weighted by molar-refractivity contribution is 0.102. The Kier molecular flexibility index (Phi) is 4.56. The largest absolute Gasteiger partial charge is 0.307 e. The highest BCUT2D eigenvalue weighted by Gasteiger charge is 2.07. The van der Waals surface area contributed by atoms with E-state index in [-0.39, 0.29) is 5.91 Å². The zero-order chi connectivity index (χ0) is 16.9. The van der Waals surface area contributed by atoms with Crippen LogP contribution < -0.4 is 5.32 Å². The van der Waals surface area contributed by atoms with Crippen LogP contribution >= 0.6 is 0 Å². The average molecular weight is 325 g/mol. The third-order valence-corrected chi connectivity index (χ3v) is 3.34. The first-order valence-corrected chi connectivity index (χ1v) is 7.21. The van der Waals surface area contributed by atoms with Gasteiger partial charge in [0, 0.05) is 30.2 Å². The van der Waals surface area contributed by atoms with Gasteiger partial charge in [-0.05, 0) is 47.9 Å². The summed E-state index contributed by atoms with van der Waals surface area (Å²) in [6, 6.07) is 9.98. The number of nitrogens with one attached hydrogen (secondary N) is 1. The van der Waals surface area contributed by atoms with Gasteiger partial charge in [-0.25, -0.2) is 13.8 Å². The molecule has 0 aliphatic carbocycles. The van der Waals surface area contributed by atoms with Gasteiger partial charge in [-0.1, -0.05) is 6.07 Å². The quantitative estimate of drug-likeness (QED) is 0.797. The second kappa shape index (κ2) is 6.95. The van der Waals surface area contributed by atoms with Gasteiger partial charge in [-0.3, -0.25) is 9.78 Å². The number of carbonyl (C=O) groups is 1. The molecule has 1 amide bonds. The van der Waals surface area contributed by atoms with E-state index >= 15 is 0 Å². The lowest BCUT2D eigenvalue weighted by Gasteiger charge is -2.06. The van der Waals surface area contributed by atoms with Gasteiger partial charge < -0.3 is 5.32 Å². The van der Waals surface area contributed by atoms with Gasteiger partial charge in [0.1, 0.15) is 17.5 Å². The third-order valence-electron chi connectivity index (χ3n) is 3.34. The Balaban J connectivity index is 1.68. The number of aromatic nitrogens is 2. The molecule has 0 bridgehead atoms. The molecule has 0 saturated carbocycles. The fraction of sp³-hybridized carbons (Fsp3) is 0.0556. The zero-order valence-electron chi connectivity index (χ0n) is 12.5. The monoisotopic (exact) mass is 325 g/mol. The zero-order valence-corrected chi connectivity index (χ0v) is 12.5. The normalized spacial score (nSPS) is 10.4. The van der Waals surface area contributed by atoms with Crippen LogP contribution in [0.5, 0.6) is 0 Å². The molecule has 0 radical (unpaired) electrons. The minimum atomic E-state index is -0.612. The maximum absolute atomic E-state index is 13.2. The van der Waals surface area contributed by atoms with E-state index < -0.39 is 11.6 Å². The summed E-state index contributed by atoms with van der Waals surface area (Å²) in [5.74, 6) is -1.12. The highest BCUT2D eigenvalue weighted by atomic mass is 19.1. The average Bonchev–Trinajstić information content (AvgIpc) is 2.56. The molecule has 2 aromatic heterocycles. The van der Waals surface area contributed by atoms with Gasteiger partial charge in [0.15, 0.2) is 0 Å². The second-order valence-corrected chi connectivity index (χ2v) is 5.20. The number of hydrogen-bond donors (Lipinski definition) is 1. The Hall–Kier alpha value is -3.15. The van der Waals surface area contributed by atoms with E-state index in [0.717, 1.165) is 11.6 Å². The molecule has 4 nitrogen and oxygen atoms in total. The van der Waals surface area contributed by atoms with Crippen molar-refractivity contribution in [3.63, 3.8) is 0 Å². The van der Waals surface area contributed by atoms with Crippen molar-refractivity contribution < 1.29 is 13.6 Å². The van der Waals surface area contributed by atoms with E-state index in [1.807, 2.05) is 0 Å². The number of halogens is 2. The van der Waals surface area contributed by atoms with E-state index in [4.69, 9.17) is 0 Å². The van der Waals surface area contributed by atoms with E-state index in [1.165, 1.54) is 24.5 Å². The summed E-state index contributed by atoms with van der Waals surface area (Å²) < 4.78 is 26.4. The summed E-state index contributed by atoms with van der Waals surface area (Å²) in [5.41, 5.74) is 1.77. The van der Waals surface area contributed by atoms with Gasteiger partial charge in [0.25, 0.3) is 5.91 Å². The molecule has 6 heteroatoms. The van der Waals surface area contributed by atoms with Crippen molar-refractivity contribution in [3.8, 4) is 0 Å². The van der Waals surface area contributed by atoms with Crippen molar-refractivity contribution in [3.05, 3.63) is 89.4 Å². The molecular formula is C18H13F2N3O. The van der Waals surface area contributed by atoms with Crippen LogP contribution in [0.25, 0.3) is 0 Å². The SMILES string of the molecule is O=C(Nc1ccc(Cc2cc(F)cc(F)c2)cn1)c1ccncc1. The Morgan fingerprint density at radius 3 is 2.29 bits per heavy atom. The molecular weight excluding hydrogens is 312 g/mol. The third kappa shape index (κ3) is 3.98. The first-order valence-electron chi connectivity index (χ1n) is 7.21. The van der Waals surface area contributed by atoms with Crippen LogP contribution in [-0.4, -0.2) is 15.9 Å². The van der Waals surface area contributed by atoms with Crippen LogP contribution in [0.1, 0.15) is 21.5 Å². The van der Waals surface area contributed by atoms with Gasteiger partial charge in [0.05, 0.1) is 0 Å². The maximum atomic E-state index is 13.2. The highest BCUT2D eigenvalue weighted by molar-refractivity contribution is 6.03. The Labute approximate surface area is 137 Å². The van der Waals surface area contributed by atoms with Crippen LogP contribution in [-0.2, 0) is 6.42 Å². The van der Waals surface area contributed by atoms with E-state index in [2.05, 4.69) is 15.3 Å². The van der Waals surface area contributed by atoms with Crippen molar-refractivity contribution in [1.82, 2.24) is 9.97 Å². The number of rotatable bonds is 4. The van der Waals surface area contributed by atoms with Crippen molar-refractivity contribution >= 4 is 11.7 Å². The molecule has 0 saturated heterocycles. The van der Waals surface area contributed by atoms with E-state index in [9.17, 15) is 13.6 Å². The first kappa shape index (κ1) is 15.7. The Morgan fingerprint density at radius 2 is 1.67 bits per heavy atom. The summed E-state index contributed by atoms with van der Waals surface area (Å²) in [4.78, 5) is 20.0. The van der Waals surface area contributed by atoms with Crippen LogP contribution in [0.4, 0.5) is 14.6 Å². The number of pyridine rings is 2. The standard InChI is InChI=1S/C18H13F2N3O/c19-15-8-13(9-16(20)10-15)7-12-1-2-17(22-11-12)23-18(24)14-3-5-21-6-4-14/h1-6,8-11H,7H2,(H,22,23,24). The van der Waals surface area contributed by atoms with E-state index in [1.54, 1.807) is 30.5 Å². The van der Waals surface area contributed by atoms with E-state index in [0.29, 0.717) is 23.4 Å². The fourth-order valence-corrected chi connectivity index (χ4v) is 2.24. The van der Waals surface area contributed by atoms with Crippen LogP contribution in [0.15, 0.2) is 61.1 Å². The number of anilines is 1. The number of benzene rings is 1. The molecule has 0 spiro atoms. The highest BCUT2D eigenvalue weighted by Crippen LogP contribution is 2.14. The molecule has 0 unspecified atom stereocenters. The molecule has 0 fully saturated rings. The lowest BCUT2D eigenvalue weighted by Crippen LogP contribution is -2.12. The van der Waals surface area contributed by atoms with Gasteiger partial charge >= 0.3 is 0 Å². The molecule has 0 aliphatic rings. The molecule has 2 heterocycles. The van der Waals surface area contributed by atoms with Gasteiger partial charge in [-0.15, -0.1) is 0 Å². The van der Waals surface area contributed by atoms with Gasteiger partial charge in [0.2, 0.25) is 0 Å². The number of carbonyl (C=O) groups excluding carboxylic acids is 1. The topological polar surface area (TPSA) is 54.9 Å². The summed E-state index contributed by atoms with van der Waals surface area (Å²) >= 11 is 0. The van der Waals surface area contributed by atoms with Crippen LogP contribution in [0, 0.1) is 11.6 Å². The molecule has 0 atom stereocenters. The molecule has 1 aromatic carbocycles. The fourth-order valence-electron chi connectivity index (χ4n) is 2.24. The maximum Gasteiger partial charge on any atom is 0.256 e. The predicted octanol–water partition coefficient (Wildman–Crippen LogP) is 3.60. The number of nitrogens with zero attached hydrogens (tertiary/aromatic N) is 2. The summed E-state index contributed by atoms with van der Waals surface area (Å²) in [5, 5.41) is 2.67. The molecule has 3 aromatic rings. The molecule has 3 rings (SSSR count). The predicted molar refractivity (Wildman–Crippen MR) is 85.6 cm³/mol. The summed E-state index contributed by atoms with van der Waals surface area (Å²) in [7, 11) is 0. The molecule has 120 valence electrons. The van der Waals surface area contributed by atoms with Crippen LogP contribution in [0.2, 0.25) is 0 Å². The molecule has 24 heavy (non-hydrogen) atoms. The lowest BCUT2D eigenvalue weighted by atomic mass is 10.1. The number of amides is 1. The smallest absolute Gasteiger partial charge is 0.256 e. The molecule has 0 aliphatic heterocycles. The minimum Gasteiger partial charge on any atom is -0.307 e. The minimum absolute atomic E-state index is 0.287. The number of hydrogen-bond acceptors (Lipinski definition) is 3. The van der Waals surface area contributed by atoms with Crippen molar-refractivity contribution in [2.45, 2.75) is 6.42 Å². The summed E-state index contributed by atoms with van der Waals surface area (Å²) in [6.07, 6.45) is 4.97. The van der Waals surface area contributed by atoms with Crippen molar-refractivity contribution in [2.24, 2.45) is 0 Å². The van der Waals surface area contributed by atoms with Gasteiger partial charge in [-0.2, -0.15) is 0 Å². The Bertz CT molecular complexity index is 832. The molecule has 1 N–H and O–H groups in total. The Morgan fingerprint density at radius 1 is 0.958 bits per heavy atom. The van der Waals surface area contributed by atoms with Crippen LogP contribution in [0.3, 0.4) is 0 Å². The second-order valence-electron chi connectivity index (χ2n) is 5.20. The summed E-state index contributed by atoms with van der Waals surface area (Å²) in [6.45, 7) is 0. The first-order chi connectivity index (χ1) is 11.6.